The Kier molecular flexibility index (Phi) is 5.21. The summed E-state index contributed by atoms with van der Waals surface area (Å²) in [6.07, 6.45) is 1.79. The summed E-state index contributed by atoms with van der Waals surface area (Å²) in [5.41, 5.74) is -0.183. The molecule has 22 heavy (non-hydrogen) atoms. The van der Waals surface area contributed by atoms with Gasteiger partial charge >= 0.3 is 0 Å². The Morgan fingerprint density at radius 1 is 1.59 bits per heavy atom. The topological polar surface area (TPSA) is 88.6 Å². The smallest absolute Gasteiger partial charge is 0.253 e. The van der Waals surface area contributed by atoms with Crippen LogP contribution in [-0.4, -0.2) is 61.7 Å². The van der Waals surface area contributed by atoms with Crippen LogP contribution in [0.1, 0.15) is 17.6 Å². The summed E-state index contributed by atoms with van der Waals surface area (Å²) >= 11 is 1.56. The molecule has 7 nitrogen and oxygen atoms in total. The molecule has 1 N–H and O–H groups in total. The van der Waals surface area contributed by atoms with Gasteiger partial charge in [0, 0.05) is 30.6 Å². The first kappa shape index (κ1) is 17.3. The Morgan fingerprint density at radius 2 is 2.32 bits per heavy atom. The summed E-state index contributed by atoms with van der Waals surface area (Å²) in [7, 11) is -3.33. The van der Waals surface area contributed by atoms with Gasteiger partial charge in [0.2, 0.25) is 10.0 Å². The average molecular weight is 347 g/mol. The Balaban J connectivity index is 1.90. The second-order valence-electron chi connectivity index (χ2n) is 5.56. The predicted molar refractivity (Wildman–Crippen MR) is 84.3 cm³/mol. The third kappa shape index (κ3) is 4.25. The molecular formula is C13H21N3O4S2. The lowest BCUT2D eigenvalue weighted by Gasteiger charge is -2.37. The highest BCUT2D eigenvalue weighted by molar-refractivity contribution is 7.88. The van der Waals surface area contributed by atoms with E-state index in [1.807, 2.05) is 12.3 Å². The molecule has 0 spiro atoms. The van der Waals surface area contributed by atoms with Crippen molar-refractivity contribution >= 4 is 27.3 Å². The normalized spacial score (nSPS) is 23.4. The zero-order valence-corrected chi connectivity index (χ0v) is 14.6. The zero-order chi connectivity index (χ0) is 16.4. The van der Waals surface area contributed by atoms with Gasteiger partial charge in [0.05, 0.1) is 24.4 Å². The molecule has 1 saturated heterocycles. The maximum absolute atomic E-state index is 12.3. The van der Waals surface area contributed by atoms with Gasteiger partial charge in [-0.15, -0.1) is 11.3 Å². The number of nitrogens with one attached hydrogen (secondary N) is 1. The lowest BCUT2D eigenvalue weighted by molar-refractivity contribution is -0.152. The molecule has 1 amide bonds. The summed E-state index contributed by atoms with van der Waals surface area (Å²) < 4.78 is 30.1. The quantitative estimate of drug-likeness (QED) is 0.820. The summed E-state index contributed by atoms with van der Waals surface area (Å²) in [5.74, 6) is -0.297. The van der Waals surface area contributed by atoms with Gasteiger partial charge in [0.15, 0.2) is 5.60 Å². The average Bonchev–Trinajstić information content (AvgIpc) is 2.83. The predicted octanol–water partition coefficient (Wildman–Crippen LogP) is 0.161. The van der Waals surface area contributed by atoms with Gasteiger partial charge in [-0.05, 0) is 13.8 Å². The first-order chi connectivity index (χ1) is 10.2. The Morgan fingerprint density at radius 3 is 2.91 bits per heavy atom. The molecule has 1 aliphatic rings. The van der Waals surface area contributed by atoms with Gasteiger partial charge in [-0.1, -0.05) is 0 Å². The number of aryl methyl sites for hydroxylation is 1. The Bertz CT molecular complexity index is 643. The van der Waals surface area contributed by atoms with E-state index in [4.69, 9.17) is 4.74 Å². The van der Waals surface area contributed by atoms with Crippen molar-refractivity contribution in [2.75, 3.05) is 32.5 Å². The highest BCUT2D eigenvalue weighted by Crippen LogP contribution is 2.20. The van der Waals surface area contributed by atoms with E-state index in [1.54, 1.807) is 18.3 Å². The molecule has 0 bridgehead atoms. The van der Waals surface area contributed by atoms with Crippen molar-refractivity contribution in [1.29, 1.82) is 0 Å². The number of morpholine rings is 1. The van der Waals surface area contributed by atoms with Crippen LogP contribution < -0.4 is 5.32 Å². The fourth-order valence-corrected chi connectivity index (χ4v) is 3.90. The van der Waals surface area contributed by atoms with Crippen LogP contribution in [0.3, 0.4) is 0 Å². The largest absolute Gasteiger partial charge is 0.363 e. The molecule has 2 rings (SSSR count). The molecule has 0 aromatic carbocycles. The number of hydrogen-bond donors (Lipinski definition) is 1. The monoisotopic (exact) mass is 347 g/mol. The number of carbonyl (C=O) groups is 1. The maximum atomic E-state index is 12.3. The van der Waals surface area contributed by atoms with Crippen molar-refractivity contribution in [3.8, 4) is 0 Å². The Hall–Kier alpha value is -1.03. The second kappa shape index (κ2) is 6.61. The fourth-order valence-electron chi connectivity index (χ4n) is 2.24. The van der Waals surface area contributed by atoms with Crippen LogP contribution in [0.25, 0.3) is 0 Å². The zero-order valence-electron chi connectivity index (χ0n) is 13.0. The number of hydrogen-bond acceptors (Lipinski definition) is 6. The first-order valence-electron chi connectivity index (χ1n) is 6.99. The van der Waals surface area contributed by atoms with Gasteiger partial charge in [0.1, 0.15) is 0 Å². The third-order valence-electron chi connectivity index (χ3n) is 3.48. The van der Waals surface area contributed by atoms with Gasteiger partial charge < -0.3 is 10.1 Å². The number of rotatable bonds is 5. The Labute approximate surface area is 134 Å². The van der Waals surface area contributed by atoms with Crippen LogP contribution in [0.2, 0.25) is 0 Å². The number of carbonyl (C=O) groups excluding carboxylic acids is 1. The molecule has 1 aromatic heterocycles. The van der Waals surface area contributed by atoms with Crippen molar-refractivity contribution in [2.24, 2.45) is 0 Å². The van der Waals surface area contributed by atoms with Crippen molar-refractivity contribution < 1.29 is 17.9 Å². The number of sulfonamides is 1. The van der Waals surface area contributed by atoms with Crippen LogP contribution in [0, 0.1) is 6.92 Å². The highest BCUT2D eigenvalue weighted by Gasteiger charge is 2.41. The molecule has 124 valence electrons. The van der Waals surface area contributed by atoms with Gasteiger partial charge in [-0.25, -0.2) is 13.4 Å². The fraction of sp³-hybridized carbons (Fsp3) is 0.692. The van der Waals surface area contributed by atoms with Gasteiger partial charge in [-0.2, -0.15) is 4.31 Å². The minimum atomic E-state index is -3.33. The molecule has 0 saturated carbocycles. The summed E-state index contributed by atoms with van der Waals surface area (Å²) in [6.45, 7) is 4.52. The lowest BCUT2D eigenvalue weighted by atomic mass is 10.0. The maximum Gasteiger partial charge on any atom is 0.253 e. The van der Waals surface area contributed by atoms with E-state index in [-0.39, 0.29) is 25.6 Å². The van der Waals surface area contributed by atoms with E-state index >= 15 is 0 Å². The first-order valence-corrected chi connectivity index (χ1v) is 9.72. The van der Waals surface area contributed by atoms with E-state index in [9.17, 15) is 13.2 Å². The molecule has 0 unspecified atom stereocenters. The minimum absolute atomic E-state index is 0.0357. The SMILES string of the molecule is Cc1csc(CCNC(=O)[C@]2(C)CN(S(C)(=O)=O)CCO2)n1. The number of amides is 1. The van der Waals surface area contributed by atoms with Gasteiger partial charge in [-0.3, -0.25) is 4.79 Å². The number of aromatic nitrogens is 1. The molecule has 1 aliphatic heterocycles. The van der Waals surface area contributed by atoms with Crippen LogP contribution >= 0.6 is 11.3 Å². The van der Waals surface area contributed by atoms with Crippen molar-refractivity contribution in [2.45, 2.75) is 25.9 Å². The summed E-state index contributed by atoms with van der Waals surface area (Å²) in [5, 5.41) is 5.73. The van der Waals surface area contributed by atoms with Gasteiger partial charge in [0.25, 0.3) is 5.91 Å². The van der Waals surface area contributed by atoms with E-state index in [0.717, 1.165) is 17.0 Å². The van der Waals surface area contributed by atoms with E-state index in [0.29, 0.717) is 13.0 Å². The minimum Gasteiger partial charge on any atom is -0.363 e. The standard InChI is InChI=1S/C13H21N3O4S2/c1-10-8-21-11(15-10)4-5-14-12(17)13(2)9-16(6-7-20-13)22(3,18)19/h8H,4-7,9H2,1-3H3,(H,14,17)/t13-/m0/s1. The summed E-state index contributed by atoms with van der Waals surface area (Å²) in [6, 6.07) is 0. The third-order valence-corrected chi connectivity index (χ3v) is 5.76. The van der Waals surface area contributed by atoms with E-state index in [1.165, 1.54) is 4.31 Å². The molecule has 0 radical (unpaired) electrons. The van der Waals surface area contributed by atoms with Crippen molar-refractivity contribution in [3.63, 3.8) is 0 Å². The number of nitrogens with zero attached hydrogens (tertiary/aromatic N) is 2. The highest BCUT2D eigenvalue weighted by atomic mass is 32.2. The summed E-state index contributed by atoms with van der Waals surface area (Å²) in [4.78, 5) is 16.6. The van der Waals surface area contributed by atoms with E-state index in [2.05, 4.69) is 10.3 Å². The molecular weight excluding hydrogens is 326 g/mol. The van der Waals surface area contributed by atoms with Crippen LogP contribution in [0.15, 0.2) is 5.38 Å². The van der Waals surface area contributed by atoms with Crippen molar-refractivity contribution in [3.05, 3.63) is 16.1 Å². The van der Waals surface area contributed by atoms with E-state index < -0.39 is 15.6 Å². The van der Waals surface area contributed by atoms with Crippen molar-refractivity contribution in [1.82, 2.24) is 14.6 Å². The molecule has 1 fully saturated rings. The van der Waals surface area contributed by atoms with Crippen LogP contribution in [0.4, 0.5) is 0 Å². The molecule has 0 aliphatic carbocycles. The molecule has 2 heterocycles. The molecule has 1 aromatic rings. The number of thiazole rings is 1. The second-order valence-corrected chi connectivity index (χ2v) is 8.49. The van der Waals surface area contributed by atoms with Crippen LogP contribution in [0.5, 0.6) is 0 Å². The molecule has 1 atom stereocenters. The number of ether oxygens (including phenoxy) is 1. The molecule has 9 heteroatoms. The lowest BCUT2D eigenvalue weighted by Crippen LogP contribution is -2.59. The van der Waals surface area contributed by atoms with Crippen LogP contribution in [-0.2, 0) is 26.0 Å².